The van der Waals surface area contributed by atoms with E-state index in [4.69, 9.17) is 11.1 Å². The first-order valence-electron chi connectivity index (χ1n) is 2.34. The number of allylic oxidation sites excluding steroid dienone is 2. The van der Waals surface area contributed by atoms with Crippen LogP contribution in [-0.2, 0) is 0 Å². The first kappa shape index (κ1) is 6.95. The lowest BCUT2D eigenvalue weighted by atomic mass is 10.2. The molecule has 0 radical (unpaired) electrons. The Hall–Kier alpha value is -1.05. The maximum Gasteiger partial charge on any atom is 0.0326 e. The fraction of sp³-hybridized carbons (Fsp3) is 0.167. The van der Waals surface area contributed by atoms with Gasteiger partial charge < -0.3 is 11.1 Å². The van der Waals surface area contributed by atoms with Gasteiger partial charge in [-0.2, -0.15) is 0 Å². The molecule has 0 aliphatic rings. The Morgan fingerprint density at radius 1 is 1.75 bits per heavy atom. The molecule has 0 atom stereocenters. The molecule has 0 amide bonds. The van der Waals surface area contributed by atoms with E-state index < -0.39 is 0 Å². The van der Waals surface area contributed by atoms with Crippen molar-refractivity contribution in [3.05, 3.63) is 23.9 Å². The van der Waals surface area contributed by atoms with Crippen LogP contribution in [0.1, 0.15) is 6.92 Å². The quantitative estimate of drug-likeness (QED) is 0.405. The van der Waals surface area contributed by atoms with Crippen molar-refractivity contribution in [1.29, 1.82) is 5.41 Å². The minimum absolute atomic E-state index is 0.447. The molecule has 0 rings (SSSR count). The lowest BCUT2D eigenvalue weighted by Gasteiger charge is -1.93. The Kier molecular flexibility index (Phi) is 2.62. The molecule has 0 bridgehead atoms. The first-order valence-corrected chi connectivity index (χ1v) is 2.34. The van der Waals surface area contributed by atoms with E-state index in [2.05, 4.69) is 6.58 Å². The van der Waals surface area contributed by atoms with Crippen LogP contribution in [0.25, 0.3) is 0 Å². The molecule has 8 heavy (non-hydrogen) atoms. The van der Waals surface area contributed by atoms with Gasteiger partial charge in [-0.25, -0.2) is 0 Å². The van der Waals surface area contributed by atoms with Crippen LogP contribution in [0.3, 0.4) is 0 Å². The van der Waals surface area contributed by atoms with Crippen LogP contribution in [0.4, 0.5) is 0 Å². The van der Waals surface area contributed by atoms with Crippen molar-refractivity contribution in [2.45, 2.75) is 6.92 Å². The number of hydrogen-bond donors (Lipinski definition) is 2. The Balaban J connectivity index is 4.13. The second-order valence-corrected chi connectivity index (χ2v) is 1.41. The van der Waals surface area contributed by atoms with Gasteiger partial charge in [-0.1, -0.05) is 12.7 Å². The molecule has 2 heteroatoms. The summed E-state index contributed by atoms with van der Waals surface area (Å²) in [5, 5.41) is 6.76. The summed E-state index contributed by atoms with van der Waals surface area (Å²) < 4.78 is 0. The second-order valence-electron chi connectivity index (χ2n) is 1.41. The Morgan fingerprint density at radius 3 is 2.25 bits per heavy atom. The maximum absolute atomic E-state index is 6.76. The SMILES string of the molecule is C=C(N)/C(C=N)=C/C. The monoisotopic (exact) mass is 110 g/mol. The first-order chi connectivity index (χ1) is 3.72. The standard InChI is InChI=1S/C6H10N2/c1-3-6(4-7)5(2)8/h3-4,7H,2,8H2,1H3/b6-3+,7-4?. The van der Waals surface area contributed by atoms with Crippen LogP contribution < -0.4 is 5.73 Å². The lowest BCUT2D eigenvalue weighted by molar-refractivity contribution is 1.38. The number of nitrogens with one attached hydrogen (secondary N) is 1. The number of nitrogens with two attached hydrogens (primary N) is 1. The molecular weight excluding hydrogens is 100 g/mol. The fourth-order valence-electron chi connectivity index (χ4n) is 0.361. The van der Waals surface area contributed by atoms with Gasteiger partial charge in [0.05, 0.1) is 0 Å². The van der Waals surface area contributed by atoms with E-state index in [1.54, 1.807) is 6.08 Å². The molecule has 0 heterocycles. The van der Waals surface area contributed by atoms with E-state index in [0.717, 1.165) is 0 Å². The molecule has 0 saturated carbocycles. The van der Waals surface area contributed by atoms with Crippen molar-refractivity contribution in [3.63, 3.8) is 0 Å². The fourth-order valence-corrected chi connectivity index (χ4v) is 0.361. The van der Waals surface area contributed by atoms with Gasteiger partial charge in [-0.15, -0.1) is 0 Å². The molecule has 3 N–H and O–H groups in total. The second kappa shape index (κ2) is 3.02. The van der Waals surface area contributed by atoms with Crippen molar-refractivity contribution >= 4 is 6.21 Å². The van der Waals surface area contributed by atoms with Crippen LogP contribution in [0, 0.1) is 5.41 Å². The van der Waals surface area contributed by atoms with Crippen LogP contribution >= 0.6 is 0 Å². The summed E-state index contributed by atoms with van der Waals surface area (Å²) in [4.78, 5) is 0. The van der Waals surface area contributed by atoms with Gasteiger partial charge in [0.2, 0.25) is 0 Å². The van der Waals surface area contributed by atoms with E-state index >= 15 is 0 Å². The van der Waals surface area contributed by atoms with Gasteiger partial charge in [0.25, 0.3) is 0 Å². The summed E-state index contributed by atoms with van der Waals surface area (Å²) in [6.45, 7) is 5.27. The summed E-state index contributed by atoms with van der Waals surface area (Å²) in [6, 6.07) is 0. The summed E-state index contributed by atoms with van der Waals surface area (Å²) in [5.41, 5.74) is 6.38. The Bertz CT molecular complexity index is 133. The highest BCUT2D eigenvalue weighted by molar-refractivity contribution is 5.81. The topological polar surface area (TPSA) is 49.9 Å². The van der Waals surface area contributed by atoms with Crippen molar-refractivity contribution in [2.24, 2.45) is 5.73 Å². The van der Waals surface area contributed by atoms with Crippen LogP contribution in [0.5, 0.6) is 0 Å². The van der Waals surface area contributed by atoms with Gasteiger partial charge in [0, 0.05) is 17.5 Å². The zero-order valence-corrected chi connectivity index (χ0v) is 4.94. The van der Waals surface area contributed by atoms with Gasteiger partial charge in [-0.3, -0.25) is 0 Å². The van der Waals surface area contributed by atoms with Crippen molar-refractivity contribution < 1.29 is 0 Å². The molecule has 0 aliphatic heterocycles. The molecule has 44 valence electrons. The summed E-state index contributed by atoms with van der Waals surface area (Å²) in [5.74, 6) is 0. The predicted molar refractivity (Wildman–Crippen MR) is 35.9 cm³/mol. The van der Waals surface area contributed by atoms with E-state index in [1.165, 1.54) is 6.21 Å². The largest absolute Gasteiger partial charge is 0.399 e. The predicted octanol–water partition coefficient (Wildman–Crippen LogP) is 1.05. The number of rotatable bonds is 2. The van der Waals surface area contributed by atoms with Crippen LogP contribution in [-0.4, -0.2) is 6.21 Å². The zero-order chi connectivity index (χ0) is 6.57. The third-order valence-electron chi connectivity index (χ3n) is 0.837. The smallest absolute Gasteiger partial charge is 0.0326 e. The zero-order valence-electron chi connectivity index (χ0n) is 4.94. The van der Waals surface area contributed by atoms with Crippen LogP contribution in [0.15, 0.2) is 23.9 Å². The Labute approximate surface area is 49.2 Å². The molecule has 0 unspecified atom stereocenters. The van der Waals surface area contributed by atoms with Crippen molar-refractivity contribution in [3.8, 4) is 0 Å². The van der Waals surface area contributed by atoms with Gasteiger partial charge in [0.1, 0.15) is 0 Å². The van der Waals surface area contributed by atoms with Gasteiger partial charge in [0.15, 0.2) is 0 Å². The third kappa shape index (κ3) is 1.60. The normalized spacial score (nSPS) is 10.9. The highest BCUT2D eigenvalue weighted by Crippen LogP contribution is 1.94. The van der Waals surface area contributed by atoms with Crippen LogP contribution in [0.2, 0.25) is 0 Å². The average molecular weight is 110 g/mol. The van der Waals surface area contributed by atoms with E-state index in [-0.39, 0.29) is 0 Å². The van der Waals surface area contributed by atoms with Crippen molar-refractivity contribution in [2.75, 3.05) is 0 Å². The molecule has 0 aromatic carbocycles. The molecule has 2 nitrogen and oxygen atoms in total. The molecule has 0 spiro atoms. The molecule has 0 aromatic heterocycles. The maximum atomic E-state index is 6.76. The summed E-state index contributed by atoms with van der Waals surface area (Å²) >= 11 is 0. The molecule has 0 fully saturated rings. The summed E-state index contributed by atoms with van der Waals surface area (Å²) in [6.07, 6.45) is 2.93. The van der Waals surface area contributed by atoms with E-state index in [0.29, 0.717) is 11.3 Å². The lowest BCUT2D eigenvalue weighted by Crippen LogP contribution is -1.98. The molecule has 0 aromatic rings. The Morgan fingerprint density at radius 2 is 2.25 bits per heavy atom. The van der Waals surface area contributed by atoms with E-state index in [1.807, 2.05) is 6.92 Å². The van der Waals surface area contributed by atoms with Gasteiger partial charge in [-0.05, 0) is 6.92 Å². The molecule has 0 aliphatic carbocycles. The molecular formula is C6H10N2. The third-order valence-corrected chi connectivity index (χ3v) is 0.837. The molecule has 0 saturated heterocycles. The van der Waals surface area contributed by atoms with Crippen molar-refractivity contribution in [1.82, 2.24) is 0 Å². The summed E-state index contributed by atoms with van der Waals surface area (Å²) in [7, 11) is 0. The minimum Gasteiger partial charge on any atom is -0.399 e. The highest BCUT2D eigenvalue weighted by atomic mass is 14.6. The van der Waals surface area contributed by atoms with E-state index in [9.17, 15) is 0 Å². The minimum atomic E-state index is 0.447. The van der Waals surface area contributed by atoms with Gasteiger partial charge >= 0.3 is 0 Å². The number of hydrogen-bond acceptors (Lipinski definition) is 2. The average Bonchev–Trinajstić information content (AvgIpc) is 1.69. The highest BCUT2D eigenvalue weighted by Gasteiger charge is 1.87.